The van der Waals surface area contributed by atoms with Gasteiger partial charge < -0.3 is 10.1 Å². The zero-order chi connectivity index (χ0) is 9.97. The third-order valence-electron chi connectivity index (χ3n) is 2.51. The highest BCUT2D eigenvalue weighted by Gasteiger charge is 2.20. The van der Waals surface area contributed by atoms with Gasteiger partial charge in [0.2, 0.25) is 5.88 Å². The van der Waals surface area contributed by atoms with Crippen LogP contribution in [0.1, 0.15) is 5.56 Å². The summed E-state index contributed by atoms with van der Waals surface area (Å²) >= 11 is 6.09. The summed E-state index contributed by atoms with van der Waals surface area (Å²) in [6, 6.07) is 1.81. The standard InChI is InChI=1S/C10H13ClN2O/c1-14-10-8(4-7-5-12-6-7)9(11)2-3-13-10/h2-3,7,12H,4-6H2,1H3. The maximum Gasteiger partial charge on any atom is 0.217 e. The first-order valence-corrected chi connectivity index (χ1v) is 5.07. The van der Waals surface area contributed by atoms with E-state index in [-0.39, 0.29) is 0 Å². The van der Waals surface area contributed by atoms with E-state index in [1.54, 1.807) is 13.3 Å². The van der Waals surface area contributed by atoms with Gasteiger partial charge >= 0.3 is 0 Å². The first-order chi connectivity index (χ1) is 6.81. The molecule has 0 radical (unpaired) electrons. The minimum Gasteiger partial charge on any atom is -0.481 e. The second-order valence-electron chi connectivity index (χ2n) is 3.51. The van der Waals surface area contributed by atoms with Gasteiger partial charge in [0.05, 0.1) is 12.1 Å². The van der Waals surface area contributed by atoms with E-state index in [0.29, 0.717) is 11.8 Å². The molecule has 1 aromatic heterocycles. The molecule has 0 unspecified atom stereocenters. The molecule has 2 heterocycles. The molecule has 0 amide bonds. The molecule has 1 fully saturated rings. The Kier molecular flexibility index (Phi) is 2.89. The number of rotatable bonds is 3. The summed E-state index contributed by atoms with van der Waals surface area (Å²) in [5, 5.41) is 3.99. The fraction of sp³-hybridized carbons (Fsp3) is 0.500. The Balaban J connectivity index is 2.19. The van der Waals surface area contributed by atoms with Crippen molar-refractivity contribution in [2.75, 3.05) is 20.2 Å². The molecular formula is C10H13ClN2O. The first kappa shape index (κ1) is 9.74. The van der Waals surface area contributed by atoms with Crippen molar-refractivity contribution in [2.45, 2.75) is 6.42 Å². The Hall–Kier alpha value is -0.800. The van der Waals surface area contributed by atoms with Crippen LogP contribution in [0.5, 0.6) is 5.88 Å². The smallest absolute Gasteiger partial charge is 0.217 e. The van der Waals surface area contributed by atoms with Crippen LogP contribution in [0.25, 0.3) is 0 Å². The molecule has 0 aliphatic carbocycles. The van der Waals surface area contributed by atoms with Gasteiger partial charge in [0, 0.05) is 11.8 Å². The summed E-state index contributed by atoms with van der Waals surface area (Å²) in [5.41, 5.74) is 1.03. The normalized spacial score (nSPS) is 16.4. The average molecular weight is 213 g/mol. The van der Waals surface area contributed by atoms with E-state index >= 15 is 0 Å². The van der Waals surface area contributed by atoms with Crippen molar-refractivity contribution in [3.05, 3.63) is 22.8 Å². The van der Waals surface area contributed by atoms with E-state index in [9.17, 15) is 0 Å². The second kappa shape index (κ2) is 4.15. The van der Waals surface area contributed by atoms with Gasteiger partial charge in [-0.3, -0.25) is 0 Å². The molecule has 14 heavy (non-hydrogen) atoms. The lowest BCUT2D eigenvalue weighted by Crippen LogP contribution is -2.43. The van der Waals surface area contributed by atoms with Crippen LogP contribution in [0.2, 0.25) is 5.02 Å². The van der Waals surface area contributed by atoms with Crippen LogP contribution >= 0.6 is 11.6 Å². The van der Waals surface area contributed by atoms with Crippen LogP contribution in [0.3, 0.4) is 0 Å². The highest BCUT2D eigenvalue weighted by Crippen LogP contribution is 2.27. The Morgan fingerprint density at radius 1 is 1.64 bits per heavy atom. The van der Waals surface area contributed by atoms with Crippen LogP contribution in [0.4, 0.5) is 0 Å². The molecule has 2 rings (SSSR count). The molecule has 1 aromatic rings. The lowest BCUT2D eigenvalue weighted by molar-refractivity contribution is 0.335. The van der Waals surface area contributed by atoms with Crippen molar-refractivity contribution in [1.29, 1.82) is 0 Å². The Labute approximate surface area is 88.4 Å². The van der Waals surface area contributed by atoms with Gasteiger partial charge in [-0.2, -0.15) is 0 Å². The van der Waals surface area contributed by atoms with Crippen molar-refractivity contribution >= 4 is 11.6 Å². The molecule has 1 N–H and O–H groups in total. The Morgan fingerprint density at radius 3 is 3.00 bits per heavy atom. The highest BCUT2D eigenvalue weighted by atomic mass is 35.5. The van der Waals surface area contributed by atoms with Crippen LogP contribution in [0, 0.1) is 5.92 Å². The summed E-state index contributed by atoms with van der Waals surface area (Å²) < 4.78 is 5.18. The first-order valence-electron chi connectivity index (χ1n) is 4.69. The topological polar surface area (TPSA) is 34.1 Å². The minimum absolute atomic E-state index is 0.657. The average Bonchev–Trinajstić information content (AvgIpc) is 2.12. The molecule has 1 saturated heterocycles. The summed E-state index contributed by atoms with van der Waals surface area (Å²) in [7, 11) is 1.63. The molecule has 1 aliphatic heterocycles. The fourth-order valence-corrected chi connectivity index (χ4v) is 1.81. The number of aromatic nitrogens is 1. The third-order valence-corrected chi connectivity index (χ3v) is 2.87. The number of nitrogens with one attached hydrogen (secondary N) is 1. The molecular weight excluding hydrogens is 200 g/mol. The van der Waals surface area contributed by atoms with E-state index in [2.05, 4.69) is 10.3 Å². The van der Waals surface area contributed by atoms with Gasteiger partial charge in [-0.1, -0.05) is 11.6 Å². The summed E-state index contributed by atoms with van der Waals surface area (Å²) in [6.45, 7) is 2.13. The van der Waals surface area contributed by atoms with Crippen molar-refractivity contribution < 1.29 is 4.74 Å². The van der Waals surface area contributed by atoms with E-state index in [0.717, 1.165) is 30.1 Å². The molecule has 0 atom stereocenters. The quantitative estimate of drug-likeness (QED) is 0.825. The monoisotopic (exact) mass is 212 g/mol. The van der Waals surface area contributed by atoms with E-state index in [4.69, 9.17) is 16.3 Å². The zero-order valence-electron chi connectivity index (χ0n) is 8.09. The minimum atomic E-state index is 0.657. The molecule has 0 bridgehead atoms. The molecule has 4 heteroatoms. The van der Waals surface area contributed by atoms with Gasteiger partial charge in [-0.05, 0) is 31.5 Å². The number of ether oxygens (including phenoxy) is 1. The Morgan fingerprint density at radius 2 is 2.43 bits per heavy atom. The maximum absolute atomic E-state index is 6.09. The molecule has 0 aromatic carbocycles. The van der Waals surface area contributed by atoms with Gasteiger partial charge in [-0.15, -0.1) is 0 Å². The van der Waals surface area contributed by atoms with Crippen LogP contribution in [0.15, 0.2) is 12.3 Å². The maximum atomic E-state index is 6.09. The molecule has 0 spiro atoms. The van der Waals surface area contributed by atoms with Gasteiger partial charge in [0.25, 0.3) is 0 Å². The predicted molar refractivity (Wildman–Crippen MR) is 55.9 cm³/mol. The number of halogens is 1. The number of pyridine rings is 1. The van der Waals surface area contributed by atoms with Crippen molar-refractivity contribution in [2.24, 2.45) is 5.92 Å². The Bertz CT molecular complexity index is 326. The van der Waals surface area contributed by atoms with Crippen molar-refractivity contribution in [3.63, 3.8) is 0 Å². The van der Waals surface area contributed by atoms with E-state index in [1.165, 1.54) is 0 Å². The summed E-state index contributed by atoms with van der Waals surface area (Å²) in [4.78, 5) is 4.14. The van der Waals surface area contributed by atoms with Crippen molar-refractivity contribution in [1.82, 2.24) is 10.3 Å². The number of methoxy groups -OCH3 is 1. The molecule has 3 nitrogen and oxygen atoms in total. The highest BCUT2D eigenvalue weighted by molar-refractivity contribution is 6.31. The lowest BCUT2D eigenvalue weighted by atomic mass is 9.95. The largest absolute Gasteiger partial charge is 0.481 e. The fourth-order valence-electron chi connectivity index (χ4n) is 1.59. The molecule has 1 aliphatic rings. The van der Waals surface area contributed by atoms with Crippen LogP contribution in [-0.4, -0.2) is 25.2 Å². The molecule has 0 saturated carbocycles. The van der Waals surface area contributed by atoms with Crippen LogP contribution < -0.4 is 10.1 Å². The third kappa shape index (κ3) is 1.83. The summed E-state index contributed by atoms with van der Waals surface area (Å²) in [5.74, 6) is 1.33. The van der Waals surface area contributed by atoms with Gasteiger partial charge in [-0.25, -0.2) is 4.98 Å². The predicted octanol–water partition coefficient (Wildman–Crippen LogP) is 1.51. The van der Waals surface area contributed by atoms with E-state index in [1.807, 2.05) is 6.07 Å². The van der Waals surface area contributed by atoms with Gasteiger partial charge in [0.1, 0.15) is 0 Å². The summed E-state index contributed by atoms with van der Waals surface area (Å²) in [6.07, 6.45) is 2.62. The number of nitrogens with zero attached hydrogens (tertiary/aromatic N) is 1. The number of hydrogen-bond donors (Lipinski definition) is 1. The zero-order valence-corrected chi connectivity index (χ0v) is 8.84. The lowest BCUT2D eigenvalue weighted by Gasteiger charge is -2.27. The molecule has 76 valence electrons. The SMILES string of the molecule is COc1nccc(Cl)c1CC1CNC1. The number of hydrogen-bond acceptors (Lipinski definition) is 3. The second-order valence-corrected chi connectivity index (χ2v) is 3.92. The van der Waals surface area contributed by atoms with Crippen LogP contribution in [-0.2, 0) is 6.42 Å². The van der Waals surface area contributed by atoms with E-state index < -0.39 is 0 Å². The van der Waals surface area contributed by atoms with Gasteiger partial charge in [0.15, 0.2) is 0 Å². The van der Waals surface area contributed by atoms with Crippen molar-refractivity contribution in [3.8, 4) is 5.88 Å².